The van der Waals surface area contributed by atoms with Gasteiger partial charge in [0.25, 0.3) is 0 Å². The van der Waals surface area contributed by atoms with Gasteiger partial charge < -0.3 is 5.32 Å². The lowest BCUT2D eigenvalue weighted by Crippen LogP contribution is -2.35. The van der Waals surface area contributed by atoms with Crippen LogP contribution >= 0.6 is 11.5 Å². The lowest BCUT2D eigenvalue weighted by atomic mass is 9.96. The van der Waals surface area contributed by atoms with Crippen LogP contribution in [0.2, 0.25) is 0 Å². The van der Waals surface area contributed by atoms with Crippen LogP contribution in [0.4, 0.5) is 5.82 Å². The van der Waals surface area contributed by atoms with Crippen molar-refractivity contribution in [2.24, 2.45) is 5.92 Å². The van der Waals surface area contributed by atoms with Crippen molar-refractivity contribution >= 4 is 27.4 Å². The maximum absolute atomic E-state index is 4.57. The summed E-state index contributed by atoms with van der Waals surface area (Å²) < 4.78 is 5.83. The van der Waals surface area contributed by atoms with Crippen LogP contribution in [0.15, 0.2) is 54.6 Å². The number of hydrogen-bond donors (Lipinski definition) is 1. The van der Waals surface area contributed by atoms with Crippen LogP contribution in [0.25, 0.3) is 10.1 Å². The Kier molecular flexibility index (Phi) is 4.76. The zero-order valence-electron chi connectivity index (χ0n) is 13.8. The highest BCUT2D eigenvalue weighted by atomic mass is 32.1. The van der Waals surface area contributed by atoms with E-state index < -0.39 is 0 Å². The predicted octanol–water partition coefficient (Wildman–Crippen LogP) is 4.62. The van der Waals surface area contributed by atoms with Crippen LogP contribution in [0.3, 0.4) is 0 Å². The van der Waals surface area contributed by atoms with Gasteiger partial charge in [-0.1, -0.05) is 42.5 Å². The van der Waals surface area contributed by atoms with Gasteiger partial charge in [-0.2, -0.15) is 4.37 Å². The number of nitrogens with one attached hydrogen (secondary N) is 1. The smallest absolute Gasteiger partial charge is 0.147 e. The number of aromatic nitrogens is 1. The first-order valence-corrected chi connectivity index (χ1v) is 9.50. The fourth-order valence-corrected chi connectivity index (χ4v) is 4.20. The number of rotatable bonds is 5. The quantitative estimate of drug-likeness (QED) is 0.736. The van der Waals surface area contributed by atoms with Gasteiger partial charge in [0.1, 0.15) is 5.82 Å². The molecule has 1 saturated heterocycles. The Balaban J connectivity index is 1.27. The van der Waals surface area contributed by atoms with Crippen molar-refractivity contribution in [3.05, 3.63) is 60.2 Å². The topological polar surface area (TPSA) is 28.2 Å². The van der Waals surface area contributed by atoms with E-state index in [1.54, 1.807) is 11.5 Å². The van der Waals surface area contributed by atoms with Crippen LogP contribution in [0.5, 0.6) is 0 Å². The first kappa shape index (κ1) is 15.6. The zero-order chi connectivity index (χ0) is 16.2. The summed E-state index contributed by atoms with van der Waals surface area (Å²) in [5, 5.41) is 4.84. The summed E-state index contributed by atoms with van der Waals surface area (Å²) in [7, 11) is 0. The minimum atomic E-state index is 0.748. The highest BCUT2D eigenvalue weighted by Crippen LogP contribution is 2.27. The van der Waals surface area contributed by atoms with Crippen LogP contribution in [0, 0.1) is 5.92 Å². The van der Waals surface area contributed by atoms with Crippen molar-refractivity contribution in [2.75, 3.05) is 25.0 Å². The average Bonchev–Trinajstić information content (AvgIpc) is 3.05. The van der Waals surface area contributed by atoms with E-state index in [1.165, 1.54) is 41.6 Å². The van der Waals surface area contributed by atoms with Gasteiger partial charge in [0, 0.05) is 18.5 Å². The van der Waals surface area contributed by atoms with Gasteiger partial charge in [-0.15, -0.1) is 0 Å². The van der Waals surface area contributed by atoms with Crippen molar-refractivity contribution in [2.45, 2.75) is 19.4 Å². The minimum Gasteiger partial charge on any atom is -0.368 e. The molecule has 2 aromatic carbocycles. The van der Waals surface area contributed by atoms with Crippen molar-refractivity contribution in [1.82, 2.24) is 9.27 Å². The molecule has 0 spiro atoms. The SMILES string of the molecule is c1ccc(CN2CCC(CNc3nsc4ccccc34)CC2)cc1. The Morgan fingerprint density at radius 1 is 1.00 bits per heavy atom. The first-order valence-electron chi connectivity index (χ1n) is 8.73. The van der Waals surface area contributed by atoms with E-state index in [-0.39, 0.29) is 0 Å². The maximum Gasteiger partial charge on any atom is 0.147 e. The van der Waals surface area contributed by atoms with E-state index in [4.69, 9.17) is 0 Å². The summed E-state index contributed by atoms with van der Waals surface area (Å²) in [4.78, 5) is 2.57. The summed E-state index contributed by atoms with van der Waals surface area (Å²) >= 11 is 1.58. The van der Waals surface area contributed by atoms with Crippen molar-refractivity contribution < 1.29 is 0 Å². The van der Waals surface area contributed by atoms with Gasteiger partial charge in [-0.25, -0.2) is 0 Å². The van der Waals surface area contributed by atoms with Crippen molar-refractivity contribution in [3.8, 4) is 0 Å². The molecule has 0 bridgehead atoms. The number of fused-ring (bicyclic) bond motifs is 1. The van der Waals surface area contributed by atoms with E-state index >= 15 is 0 Å². The molecule has 3 nitrogen and oxygen atoms in total. The van der Waals surface area contributed by atoms with Gasteiger partial charge in [0.05, 0.1) is 4.70 Å². The molecule has 1 fully saturated rings. The van der Waals surface area contributed by atoms with E-state index in [1.807, 2.05) is 0 Å². The van der Waals surface area contributed by atoms with E-state index in [0.29, 0.717) is 0 Å². The predicted molar refractivity (Wildman–Crippen MR) is 103 cm³/mol. The molecule has 4 rings (SSSR count). The van der Waals surface area contributed by atoms with Crippen LogP contribution in [-0.2, 0) is 6.54 Å². The third kappa shape index (κ3) is 3.60. The molecular weight excluding hydrogens is 314 g/mol. The highest BCUT2D eigenvalue weighted by molar-refractivity contribution is 7.13. The van der Waals surface area contributed by atoms with E-state index in [9.17, 15) is 0 Å². The molecule has 2 heterocycles. The summed E-state index contributed by atoms with van der Waals surface area (Å²) in [5.74, 6) is 1.81. The number of nitrogens with zero attached hydrogens (tertiary/aromatic N) is 2. The minimum absolute atomic E-state index is 0.748. The molecule has 1 aliphatic rings. The molecule has 4 heteroatoms. The lowest BCUT2D eigenvalue weighted by Gasteiger charge is -2.32. The molecule has 0 saturated carbocycles. The fraction of sp³-hybridized carbons (Fsp3) is 0.350. The van der Waals surface area contributed by atoms with Gasteiger partial charge in [-0.05, 0) is 61.1 Å². The summed E-state index contributed by atoms with van der Waals surface area (Å²) in [6.07, 6.45) is 2.53. The third-order valence-corrected chi connectivity index (χ3v) is 5.72. The molecule has 1 aromatic heterocycles. The molecule has 0 amide bonds. The fourth-order valence-electron chi connectivity index (χ4n) is 3.44. The second-order valence-electron chi connectivity index (χ2n) is 6.61. The summed E-state index contributed by atoms with van der Waals surface area (Å²) in [5.41, 5.74) is 1.42. The molecular formula is C20H23N3S. The largest absolute Gasteiger partial charge is 0.368 e. The normalized spacial score (nSPS) is 16.5. The van der Waals surface area contributed by atoms with Crippen molar-refractivity contribution in [3.63, 3.8) is 0 Å². The summed E-state index contributed by atoms with van der Waals surface area (Å²) in [6.45, 7) is 4.50. The molecule has 124 valence electrons. The Morgan fingerprint density at radius 2 is 1.75 bits per heavy atom. The molecule has 0 atom stereocenters. The standard InChI is InChI=1S/C20H23N3S/c1-2-6-17(7-3-1)15-23-12-10-16(11-13-23)14-21-20-18-8-4-5-9-19(18)24-22-20/h1-9,16H,10-15H2,(H,21,22). The maximum atomic E-state index is 4.57. The van der Waals surface area contributed by atoms with Gasteiger partial charge in [-0.3, -0.25) is 4.90 Å². The summed E-state index contributed by atoms with van der Waals surface area (Å²) in [6, 6.07) is 19.3. The molecule has 24 heavy (non-hydrogen) atoms. The monoisotopic (exact) mass is 337 g/mol. The number of hydrogen-bond acceptors (Lipinski definition) is 4. The molecule has 0 unspecified atom stereocenters. The van der Waals surface area contributed by atoms with Crippen LogP contribution < -0.4 is 5.32 Å². The molecule has 0 radical (unpaired) electrons. The number of likely N-dealkylation sites (tertiary alicyclic amines) is 1. The van der Waals surface area contributed by atoms with Gasteiger partial charge in [0.15, 0.2) is 0 Å². The number of benzene rings is 2. The molecule has 1 N–H and O–H groups in total. The zero-order valence-corrected chi connectivity index (χ0v) is 14.6. The Labute approximate surface area is 147 Å². The lowest BCUT2D eigenvalue weighted by molar-refractivity contribution is 0.182. The number of piperidine rings is 1. The molecule has 1 aliphatic heterocycles. The third-order valence-electron chi connectivity index (χ3n) is 4.89. The van der Waals surface area contributed by atoms with E-state index in [0.717, 1.165) is 24.8 Å². The Morgan fingerprint density at radius 3 is 2.58 bits per heavy atom. The molecule has 3 aromatic rings. The van der Waals surface area contributed by atoms with Gasteiger partial charge in [0.2, 0.25) is 0 Å². The highest BCUT2D eigenvalue weighted by Gasteiger charge is 2.19. The van der Waals surface area contributed by atoms with Crippen LogP contribution in [0.1, 0.15) is 18.4 Å². The van der Waals surface area contributed by atoms with E-state index in [2.05, 4.69) is 69.2 Å². The molecule has 0 aliphatic carbocycles. The van der Waals surface area contributed by atoms with Crippen LogP contribution in [-0.4, -0.2) is 28.9 Å². The van der Waals surface area contributed by atoms with Gasteiger partial charge >= 0.3 is 0 Å². The van der Waals surface area contributed by atoms with Crippen molar-refractivity contribution in [1.29, 1.82) is 0 Å². The second kappa shape index (κ2) is 7.32. The number of anilines is 1. The Bertz CT molecular complexity index is 776. The second-order valence-corrected chi connectivity index (χ2v) is 7.42. The first-order chi connectivity index (χ1) is 11.9. The Hall–Kier alpha value is -1.91. The average molecular weight is 337 g/mol.